The largest absolute Gasteiger partial charge is 0.393 e. The standard InChI is InChI=1S/C12H20O3/c1-5-9(13)8(3)11-10(15-11)7-12(4,14)6-2/h2,8-11,13-14H,5,7H2,1,3-4H3/t8-,9+,10-,11-,12+/m1/s1. The van der Waals surface area contributed by atoms with Crippen molar-refractivity contribution in [3.8, 4) is 12.3 Å². The van der Waals surface area contributed by atoms with Gasteiger partial charge in [-0.3, -0.25) is 0 Å². The van der Waals surface area contributed by atoms with Gasteiger partial charge in [-0.1, -0.05) is 19.8 Å². The maximum atomic E-state index is 9.65. The Labute approximate surface area is 91.4 Å². The third-order valence-electron chi connectivity index (χ3n) is 3.07. The number of rotatable bonds is 5. The van der Waals surface area contributed by atoms with Gasteiger partial charge in [0.2, 0.25) is 0 Å². The minimum Gasteiger partial charge on any atom is -0.393 e. The molecule has 1 fully saturated rings. The van der Waals surface area contributed by atoms with Crippen LogP contribution in [0.4, 0.5) is 0 Å². The molecule has 1 aliphatic rings. The van der Waals surface area contributed by atoms with Crippen LogP contribution in [0.3, 0.4) is 0 Å². The summed E-state index contributed by atoms with van der Waals surface area (Å²) in [5, 5.41) is 19.3. The van der Waals surface area contributed by atoms with E-state index in [1.54, 1.807) is 6.92 Å². The van der Waals surface area contributed by atoms with Crippen LogP contribution < -0.4 is 0 Å². The predicted octanol–water partition coefficient (Wildman–Crippen LogP) is 0.935. The second kappa shape index (κ2) is 4.52. The van der Waals surface area contributed by atoms with Gasteiger partial charge < -0.3 is 14.9 Å². The molecule has 3 heteroatoms. The van der Waals surface area contributed by atoms with Crippen LogP contribution in [0.25, 0.3) is 0 Å². The number of aliphatic hydroxyl groups is 2. The molecule has 0 aliphatic carbocycles. The van der Waals surface area contributed by atoms with Crippen molar-refractivity contribution < 1.29 is 14.9 Å². The van der Waals surface area contributed by atoms with Gasteiger partial charge in [-0.25, -0.2) is 0 Å². The summed E-state index contributed by atoms with van der Waals surface area (Å²) in [6.07, 6.45) is 6.04. The molecule has 2 N–H and O–H groups in total. The number of aliphatic hydroxyl groups excluding tert-OH is 1. The van der Waals surface area contributed by atoms with Crippen LogP contribution in [0.2, 0.25) is 0 Å². The maximum Gasteiger partial charge on any atom is 0.125 e. The van der Waals surface area contributed by atoms with Gasteiger partial charge in [0.1, 0.15) is 5.60 Å². The van der Waals surface area contributed by atoms with E-state index in [1.165, 1.54) is 0 Å². The van der Waals surface area contributed by atoms with Crippen LogP contribution in [0.5, 0.6) is 0 Å². The van der Waals surface area contributed by atoms with E-state index < -0.39 is 5.60 Å². The summed E-state index contributed by atoms with van der Waals surface area (Å²) in [5.41, 5.74) is -1.10. The Kier molecular flexibility index (Phi) is 3.77. The Morgan fingerprint density at radius 3 is 2.67 bits per heavy atom. The van der Waals surface area contributed by atoms with Crippen LogP contribution >= 0.6 is 0 Å². The molecule has 0 bridgehead atoms. The Balaban J connectivity index is 2.38. The van der Waals surface area contributed by atoms with E-state index in [4.69, 9.17) is 11.2 Å². The summed E-state index contributed by atoms with van der Waals surface area (Å²) in [7, 11) is 0. The van der Waals surface area contributed by atoms with Gasteiger partial charge in [0, 0.05) is 12.3 Å². The van der Waals surface area contributed by atoms with Crippen molar-refractivity contribution in [2.45, 2.75) is 57.5 Å². The van der Waals surface area contributed by atoms with E-state index in [0.29, 0.717) is 6.42 Å². The lowest BCUT2D eigenvalue weighted by molar-refractivity contribution is 0.0953. The SMILES string of the molecule is C#C[C@](C)(O)C[C@H]1O[C@@H]1[C@H](C)[C@@H](O)CC. The van der Waals surface area contributed by atoms with Crippen LogP contribution in [-0.2, 0) is 4.74 Å². The molecule has 3 nitrogen and oxygen atoms in total. The molecule has 86 valence electrons. The van der Waals surface area contributed by atoms with E-state index >= 15 is 0 Å². The van der Waals surface area contributed by atoms with E-state index in [2.05, 4.69) is 5.92 Å². The van der Waals surface area contributed by atoms with Gasteiger partial charge in [0.25, 0.3) is 0 Å². The average Bonchev–Trinajstić information content (AvgIpc) is 2.94. The summed E-state index contributed by atoms with van der Waals surface area (Å²) in [4.78, 5) is 0. The fourth-order valence-electron chi connectivity index (χ4n) is 1.82. The lowest BCUT2D eigenvalue weighted by atomic mass is 9.92. The van der Waals surface area contributed by atoms with Crippen molar-refractivity contribution in [2.75, 3.05) is 0 Å². The van der Waals surface area contributed by atoms with Gasteiger partial charge in [-0.15, -0.1) is 6.42 Å². The Bertz CT molecular complexity index is 254. The molecule has 1 aliphatic heterocycles. The molecular weight excluding hydrogens is 192 g/mol. The molecule has 0 saturated carbocycles. The zero-order valence-corrected chi connectivity index (χ0v) is 9.60. The topological polar surface area (TPSA) is 53.0 Å². The van der Waals surface area contributed by atoms with Gasteiger partial charge >= 0.3 is 0 Å². The molecule has 1 saturated heterocycles. The fraction of sp³-hybridized carbons (Fsp3) is 0.833. The summed E-state index contributed by atoms with van der Waals surface area (Å²) in [6.45, 7) is 5.51. The quantitative estimate of drug-likeness (QED) is 0.526. The molecule has 0 aromatic rings. The molecule has 0 unspecified atom stereocenters. The summed E-state index contributed by atoms with van der Waals surface area (Å²) < 4.78 is 5.42. The molecule has 1 heterocycles. The van der Waals surface area contributed by atoms with Crippen LogP contribution in [0.1, 0.15) is 33.6 Å². The zero-order chi connectivity index (χ0) is 11.6. The predicted molar refractivity (Wildman–Crippen MR) is 58.2 cm³/mol. The molecule has 1 rings (SSSR count). The highest BCUT2D eigenvalue weighted by atomic mass is 16.6. The molecule has 0 amide bonds. The highest BCUT2D eigenvalue weighted by Gasteiger charge is 2.47. The minimum atomic E-state index is -1.10. The first kappa shape index (κ1) is 12.5. The minimum absolute atomic E-state index is 0.00718. The third-order valence-corrected chi connectivity index (χ3v) is 3.07. The third kappa shape index (κ3) is 3.20. The first-order valence-corrected chi connectivity index (χ1v) is 5.45. The fourth-order valence-corrected chi connectivity index (χ4v) is 1.82. The van der Waals surface area contributed by atoms with Gasteiger partial charge in [0.15, 0.2) is 0 Å². The highest BCUT2D eigenvalue weighted by Crippen LogP contribution is 2.36. The molecule has 0 spiro atoms. The van der Waals surface area contributed by atoms with E-state index in [-0.39, 0.29) is 24.2 Å². The zero-order valence-electron chi connectivity index (χ0n) is 9.60. The number of epoxide rings is 1. The van der Waals surface area contributed by atoms with Crippen molar-refractivity contribution in [2.24, 2.45) is 5.92 Å². The maximum absolute atomic E-state index is 9.65. The molecular formula is C12H20O3. The highest BCUT2D eigenvalue weighted by molar-refractivity contribution is 5.08. The van der Waals surface area contributed by atoms with Crippen molar-refractivity contribution >= 4 is 0 Å². The Hall–Kier alpha value is -0.560. The summed E-state index contributed by atoms with van der Waals surface area (Å²) in [6, 6.07) is 0. The Morgan fingerprint density at radius 1 is 1.60 bits per heavy atom. The second-order valence-electron chi connectivity index (χ2n) is 4.60. The molecule has 0 aromatic carbocycles. The van der Waals surface area contributed by atoms with Gasteiger partial charge in [-0.05, 0) is 13.3 Å². The number of ether oxygens (including phenoxy) is 1. The van der Waals surface area contributed by atoms with Crippen LogP contribution in [0.15, 0.2) is 0 Å². The van der Waals surface area contributed by atoms with Gasteiger partial charge in [0.05, 0.1) is 18.3 Å². The summed E-state index contributed by atoms with van der Waals surface area (Å²) >= 11 is 0. The van der Waals surface area contributed by atoms with Crippen molar-refractivity contribution in [1.29, 1.82) is 0 Å². The van der Waals surface area contributed by atoms with Crippen LogP contribution in [-0.4, -0.2) is 34.1 Å². The average molecular weight is 212 g/mol. The van der Waals surface area contributed by atoms with E-state index in [1.807, 2.05) is 13.8 Å². The number of terminal acetylenes is 1. The first-order chi connectivity index (χ1) is 6.91. The monoisotopic (exact) mass is 212 g/mol. The van der Waals surface area contributed by atoms with Crippen molar-refractivity contribution in [1.82, 2.24) is 0 Å². The van der Waals surface area contributed by atoms with Crippen molar-refractivity contribution in [3.05, 3.63) is 0 Å². The molecule has 0 radical (unpaired) electrons. The lowest BCUT2D eigenvalue weighted by Gasteiger charge is -2.17. The van der Waals surface area contributed by atoms with Gasteiger partial charge in [-0.2, -0.15) is 0 Å². The molecule has 5 atom stereocenters. The van der Waals surface area contributed by atoms with E-state index in [0.717, 1.165) is 6.42 Å². The normalized spacial score (nSPS) is 32.5. The number of hydrogen-bond donors (Lipinski definition) is 2. The lowest BCUT2D eigenvalue weighted by Crippen LogP contribution is -2.27. The molecule has 15 heavy (non-hydrogen) atoms. The van der Waals surface area contributed by atoms with Crippen molar-refractivity contribution in [3.63, 3.8) is 0 Å². The Morgan fingerprint density at radius 2 is 2.20 bits per heavy atom. The first-order valence-electron chi connectivity index (χ1n) is 5.45. The summed E-state index contributed by atoms with van der Waals surface area (Å²) in [5.74, 6) is 2.43. The number of hydrogen-bond acceptors (Lipinski definition) is 3. The molecule has 0 aromatic heterocycles. The van der Waals surface area contributed by atoms with Crippen LogP contribution in [0, 0.1) is 18.3 Å². The smallest absolute Gasteiger partial charge is 0.125 e. The second-order valence-corrected chi connectivity index (χ2v) is 4.60. The van der Waals surface area contributed by atoms with E-state index in [9.17, 15) is 10.2 Å².